The Balaban J connectivity index is 1.73. The van der Waals surface area contributed by atoms with Crippen LogP contribution in [0.4, 0.5) is 0 Å². The van der Waals surface area contributed by atoms with Crippen LogP contribution in [0.15, 0.2) is 34.5 Å². The number of carbonyl (C=O) groups excluding carboxylic acids is 2. The average molecular weight is 548 g/mol. The Morgan fingerprint density at radius 1 is 0.765 bits per heavy atom. The number of hydrogen-bond donors (Lipinski definition) is 2. The van der Waals surface area contributed by atoms with Crippen molar-refractivity contribution in [3.05, 3.63) is 55.5 Å². The Hall–Kier alpha value is -2.52. The molecule has 0 bridgehead atoms. The molecular weight excluding hydrogens is 526 g/mol. The molecule has 0 spiro atoms. The molecular formula is C22H22Cl4N4O4. The lowest BCUT2D eigenvalue weighted by atomic mass is 10.2. The van der Waals surface area contributed by atoms with Crippen LogP contribution < -0.4 is 20.3 Å². The summed E-state index contributed by atoms with van der Waals surface area (Å²) in [7, 11) is 2.94. The highest BCUT2D eigenvalue weighted by Crippen LogP contribution is 2.32. The molecule has 34 heavy (non-hydrogen) atoms. The molecule has 2 aromatic rings. The Labute approximate surface area is 217 Å². The molecule has 2 aromatic carbocycles. The van der Waals surface area contributed by atoms with E-state index < -0.39 is 0 Å². The number of halogens is 4. The molecule has 0 heterocycles. The van der Waals surface area contributed by atoms with Crippen molar-refractivity contribution < 1.29 is 19.1 Å². The number of ether oxygens (including phenoxy) is 2. The molecule has 0 unspecified atom stereocenters. The maximum atomic E-state index is 11.9. The summed E-state index contributed by atoms with van der Waals surface area (Å²) < 4.78 is 10.4. The third-order valence-corrected chi connectivity index (χ3v) is 5.32. The summed E-state index contributed by atoms with van der Waals surface area (Å²) >= 11 is 24.1. The van der Waals surface area contributed by atoms with Gasteiger partial charge < -0.3 is 9.47 Å². The third-order valence-electron chi connectivity index (χ3n) is 4.33. The highest BCUT2D eigenvalue weighted by Gasteiger charge is 2.10. The molecule has 0 saturated carbocycles. The van der Waals surface area contributed by atoms with E-state index >= 15 is 0 Å². The van der Waals surface area contributed by atoms with Crippen molar-refractivity contribution in [3.63, 3.8) is 0 Å². The maximum absolute atomic E-state index is 11.9. The number of nitrogens with one attached hydrogen (secondary N) is 2. The van der Waals surface area contributed by atoms with Crippen molar-refractivity contribution in [3.8, 4) is 11.5 Å². The van der Waals surface area contributed by atoms with Gasteiger partial charge in [-0.2, -0.15) is 10.2 Å². The summed E-state index contributed by atoms with van der Waals surface area (Å²) in [5, 5.41) is 9.28. The zero-order valence-corrected chi connectivity index (χ0v) is 21.4. The van der Waals surface area contributed by atoms with Gasteiger partial charge in [-0.25, -0.2) is 10.9 Å². The van der Waals surface area contributed by atoms with Crippen LogP contribution in [-0.2, 0) is 9.59 Å². The van der Waals surface area contributed by atoms with Crippen LogP contribution in [0.1, 0.15) is 36.8 Å². The lowest BCUT2D eigenvalue weighted by molar-refractivity contribution is -0.123. The van der Waals surface area contributed by atoms with E-state index in [-0.39, 0.29) is 24.7 Å². The number of hydrogen-bond acceptors (Lipinski definition) is 6. The minimum atomic E-state index is -0.299. The molecule has 0 aliphatic carbocycles. The molecule has 0 aliphatic rings. The molecule has 0 aliphatic heterocycles. The van der Waals surface area contributed by atoms with Gasteiger partial charge >= 0.3 is 0 Å². The van der Waals surface area contributed by atoms with Crippen LogP contribution in [-0.4, -0.2) is 38.5 Å². The lowest BCUT2D eigenvalue weighted by Crippen LogP contribution is -2.19. The van der Waals surface area contributed by atoms with E-state index in [2.05, 4.69) is 21.1 Å². The second-order valence-corrected chi connectivity index (χ2v) is 8.50. The summed E-state index contributed by atoms with van der Waals surface area (Å²) in [6.45, 7) is 0. The summed E-state index contributed by atoms with van der Waals surface area (Å²) in [5.41, 5.74) is 5.87. The van der Waals surface area contributed by atoms with E-state index in [1.165, 1.54) is 26.6 Å². The zero-order chi connectivity index (χ0) is 25.1. The van der Waals surface area contributed by atoms with Gasteiger partial charge in [0, 0.05) is 34.0 Å². The number of methoxy groups -OCH3 is 2. The molecule has 2 amide bonds. The zero-order valence-electron chi connectivity index (χ0n) is 18.3. The van der Waals surface area contributed by atoms with Crippen LogP contribution in [0.25, 0.3) is 0 Å². The molecule has 12 heteroatoms. The predicted molar refractivity (Wildman–Crippen MR) is 136 cm³/mol. The third kappa shape index (κ3) is 8.68. The molecule has 2 N–H and O–H groups in total. The van der Waals surface area contributed by atoms with Crippen molar-refractivity contribution in [1.82, 2.24) is 10.9 Å². The van der Waals surface area contributed by atoms with Crippen molar-refractivity contribution >= 4 is 70.6 Å². The fourth-order valence-corrected chi connectivity index (χ4v) is 3.99. The highest BCUT2D eigenvalue weighted by molar-refractivity contribution is 6.36. The minimum absolute atomic E-state index is 0.194. The van der Waals surface area contributed by atoms with Crippen LogP contribution in [0, 0.1) is 0 Å². The maximum Gasteiger partial charge on any atom is 0.240 e. The average Bonchev–Trinajstić information content (AvgIpc) is 2.76. The molecule has 0 fully saturated rings. The molecule has 0 radical (unpaired) electrons. The topological polar surface area (TPSA) is 101 Å². The van der Waals surface area contributed by atoms with E-state index in [9.17, 15) is 9.59 Å². The van der Waals surface area contributed by atoms with E-state index in [0.29, 0.717) is 55.6 Å². The fraction of sp³-hybridized carbons (Fsp3) is 0.273. The first kappa shape index (κ1) is 27.7. The van der Waals surface area contributed by atoms with Gasteiger partial charge in [-0.05, 0) is 37.1 Å². The fourth-order valence-electron chi connectivity index (χ4n) is 2.81. The quantitative estimate of drug-likeness (QED) is 0.221. The van der Waals surface area contributed by atoms with Gasteiger partial charge in [0.2, 0.25) is 11.8 Å². The Bertz CT molecular complexity index is 1010. The smallest absolute Gasteiger partial charge is 0.240 e. The molecule has 0 aromatic heterocycles. The minimum Gasteiger partial charge on any atom is -0.495 e. The molecule has 182 valence electrons. The van der Waals surface area contributed by atoms with E-state index in [1.54, 1.807) is 24.3 Å². The van der Waals surface area contributed by atoms with E-state index in [0.717, 1.165) is 0 Å². The first-order chi connectivity index (χ1) is 16.2. The van der Waals surface area contributed by atoms with Gasteiger partial charge in [0.05, 0.1) is 36.7 Å². The van der Waals surface area contributed by atoms with Crippen molar-refractivity contribution in [1.29, 1.82) is 0 Å². The standard InChI is InChI=1S/C22H22Cl4N4O4/c1-33-21-13(7-15(23)9-17(21)25)11-27-29-19(31)5-3-4-6-20(32)30-28-12-14-8-16(24)10-18(26)22(14)34-2/h7-12H,3-6H2,1-2H3,(H,29,31)(H,30,32)/b27-11-,28-12-. The van der Waals surface area contributed by atoms with Crippen LogP contribution in [0.2, 0.25) is 20.1 Å². The molecule has 0 saturated heterocycles. The van der Waals surface area contributed by atoms with Crippen LogP contribution >= 0.6 is 46.4 Å². The number of carbonyl (C=O) groups is 2. The monoisotopic (exact) mass is 546 g/mol. The highest BCUT2D eigenvalue weighted by atomic mass is 35.5. The molecule has 2 rings (SSSR count). The second-order valence-electron chi connectivity index (χ2n) is 6.81. The number of benzene rings is 2. The van der Waals surface area contributed by atoms with Gasteiger partial charge in [-0.3, -0.25) is 9.59 Å². The Morgan fingerprint density at radius 3 is 1.50 bits per heavy atom. The van der Waals surface area contributed by atoms with Crippen LogP contribution in [0.5, 0.6) is 11.5 Å². The lowest BCUT2D eigenvalue weighted by Gasteiger charge is -2.07. The number of rotatable bonds is 11. The van der Waals surface area contributed by atoms with E-state index in [1.807, 2.05) is 0 Å². The number of hydrazone groups is 2. The summed E-state index contributed by atoms with van der Waals surface area (Å²) in [6, 6.07) is 6.31. The first-order valence-corrected chi connectivity index (χ1v) is 11.5. The summed E-state index contributed by atoms with van der Waals surface area (Å²) in [5.74, 6) is 0.197. The largest absolute Gasteiger partial charge is 0.495 e. The van der Waals surface area contributed by atoms with Crippen molar-refractivity contribution in [2.75, 3.05) is 14.2 Å². The van der Waals surface area contributed by atoms with Gasteiger partial charge in [0.1, 0.15) is 11.5 Å². The van der Waals surface area contributed by atoms with Gasteiger partial charge in [0.15, 0.2) is 0 Å². The SMILES string of the molecule is COc1c(Cl)cc(Cl)cc1/C=N\NC(=O)CCCCC(=O)N/N=C\c1cc(Cl)cc(Cl)c1OC. The van der Waals surface area contributed by atoms with Crippen LogP contribution in [0.3, 0.4) is 0 Å². The summed E-state index contributed by atoms with van der Waals surface area (Å²) in [4.78, 5) is 23.9. The number of unbranched alkanes of at least 4 members (excludes halogenated alkanes) is 1. The second kappa shape index (κ2) is 14.0. The van der Waals surface area contributed by atoms with Gasteiger partial charge in [0.25, 0.3) is 0 Å². The van der Waals surface area contributed by atoms with Crippen molar-refractivity contribution in [2.24, 2.45) is 10.2 Å². The van der Waals surface area contributed by atoms with Gasteiger partial charge in [-0.15, -0.1) is 0 Å². The predicted octanol–water partition coefficient (Wildman–Crippen LogP) is 5.48. The number of amides is 2. The Morgan fingerprint density at radius 2 is 1.15 bits per heavy atom. The first-order valence-electron chi connectivity index (χ1n) is 9.95. The number of nitrogens with zero attached hydrogens (tertiary/aromatic N) is 2. The van der Waals surface area contributed by atoms with Gasteiger partial charge in [-0.1, -0.05) is 46.4 Å². The molecule has 0 atom stereocenters. The Kier molecular flexibility index (Phi) is 11.4. The molecule has 8 nitrogen and oxygen atoms in total. The normalized spacial score (nSPS) is 11.1. The van der Waals surface area contributed by atoms with E-state index in [4.69, 9.17) is 55.9 Å². The van der Waals surface area contributed by atoms with Crippen molar-refractivity contribution in [2.45, 2.75) is 25.7 Å². The summed E-state index contributed by atoms with van der Waals surface area (Å²) in [6.07, 6.45) is 4.15.